The van der Waals surface area contributed by atoms with Gasteiger partial charge in [-0.15, -0.1) is 0 Å². The monoisotopic (exact) mass is 305 g/mol. The lowest BCUT2D eigenvalue weighted by Gasteiger charge is -2.29. The van der Waals surface area contributed by atoms with Crippen molar-refractivity contribution in [2.45, 2.75) is 18.9 Å². The molecular formula is C15H16FN3O3. The lowest BCUT2D eigenvalue weighted by molar-refractivity contribution is 0.0466. The molecule has 1 unspecified atom stereocenters. The lowest BCUT2D eigenvalue weighted by Crippen LogP contribution is -2.42. The maximum absolute atomic E-state index is 13.8. The first kappa shape index (κ1) is 14.5. The molecule has 6 nitrogen and oxygen atoms in total. The first-order valence-corrected chi connectivity index (χ1v) is 7.07. The summed E-state index contributed by atoms with van der Waals surface area (Å²) in [5.41, 5.74) is 0.00730. The van der Waals surface area contributed by atoms with E-state index in [2.05, 4.69) is 5.10 Å². The zero-order chi connectivity index (χ0) is 15.7. The number of amides is 1. The van der Waals surface area contributed by atoms with Gasteiger partial charge in [0.1, 0.15) is 11.5 Å². The van der Waals surface area contributed by atoms with Crippen molar-refractivity contribution in [3.8, 4) is 11.4 Å². The predicted octanol–water partition coefficient (Wildman–Crippen LogP) is 1.31. The fourth-order valence-electron chi connectivity index (χ4n) is 2.57. The Morgan fingerprint density at radius 2 is 2.14 bits per heavy atom. The van der Waals surface area contributed by atoms with E-state index in [1.165, 1.54) is 23.2 Å². The number of aliphatic hydroxyl groups excluding tert-OH is 1. The maximum Gasteiger partial charge on any atom is 0.278 e. The predicted molar refractivity (Wildman–Crippen MR) is 76.3 cm³/mol. The van der Waals surface area contributed by atoms with E-state index < -0.39 is 17.8 Å². The Kier molecular flexibility index (Phi) is 3.81. The van der Waals surface area contributed by atoms with Gasteiger partial charge in [0.05, 0.1) is 12.3 Å². The van der Waals surface area contributed by atoms with E-state index in [9.17, 15) is 19.4 Å². The molecule has 0 saturated carbocycles. The molecule has 2 N–H and O–H groups in total. The zero-order valence-corrected chi connectivity index (χ0v) is 11.8. The van der Waals surface area contributed by atoms with Gasteiger partial charge in [0.2, 0.25) is 0 Å². The number of hydrogen-bond donors (Lipinski definition) is 2. The number of para-hydroxylation sites is 1. The summed E-state index contributed by atoms with van der Waals surface area (Å²) in [5.74, 6) is -1.28. The van der Waals surface area contributed by atoms with Crippen molar-refractivity contribution in [2.24, 2.45) is 0 Å². The summed E-state index contributed by atoms with van der Waals surface area (Å²) in [7, 11) is 0. The third-order valence-electron chi connectivity index (χ3n) is 3.68. The second kappa shape index (κ2) is 5.76. The van der Waals surface area contributed by atoms with Crippen LogP contribution in [0.15, 0.2) is 30.5 Å². The molecule has 1 amide bonds. The molecule has 1 aliphatic heterocycles. The normalized spacial score (nSPS) is 18.5. The third kappa shape index (κ3) is 2.67. The van der Waals surface area contributed by atoms with Crippen LogP contribution in [0.3, 0.4) is 0 Å². The fourth-order valence-corrected chi connectivity index (χ4v) is 2.57. The standard InChI is InChI=1S/C15H16FN3O3/c16-11-5-1-2-6-12(11)19-9-13(21)14(17-19)15(22)18-7-3-4-10(20)8-18/h1-2,5-6,9-10,20-21H,3-4,7-8H2. The Bertz CT molecular complexity index is 701. The van der Waals surface area contributed by atoms with Crippen LogP contribution in [0.1, 0.15) is 23.3 Å². The van der Waals surface area contributed by atoms with E-state index in [-0.39, 0.29) is 23.7 Å². The van der Waals surface area contributed by atoms with Crippen LogP contribution in [-0.4, -0.2) is 50.0 Å². The molecule has 116 valence electrons. The van der Waals surface area contributed by atoms with Crippen molar-refractivity contribution in [3.05, 3.63) is 42.0 Å². The van der Waals surface area contributed by atoms with Gasteiger partial charge >= 0.3 is 0 Å². The average molecular weight is 305 g/mol. The number of likely N-dealkylation sites (tertiary alicyclic amines) is 1. The summed E-state index contributed by atoms with van der Waals surface area (Å²) in [6.45, 7) is 0.715. The quantitative estimate of drug-likeness (QED) is 0.877. The molecule has 1 aromatic heterocycles. The van der Waals surface area contributed by atoms with E-state index in [0.717, 1.165) is 4.68 Å². The topological polar surface area (TPSA) is 78.6 Å². The molecule has 7 heteroatoms. The molecule has 2 heterocycles. The van der Waals surface area contributed by atoms with Gasteiger partial charge in [0.15, 0.2) is 11.4 Å². The largest absolute Gasteiger partial charge is 0.504 e. The Labute approximate surface area is 126 Å². The van der Waals surface area contributed by atoms with Crippen molar-refractivity contribution in [1.29, 1.82) is 0 Å². The highest BCUT2D eigenvalue weighted by atomic mass is 19.1. The minimum atomic E-state index is -0.562. The molecule has 1 saturated heterocycles. The van der Waals surface area contributed by atoms with E-state index in [0.29, 0.717) is 19.4 Å². The molecule has 1 aliphatic rings. The smallest absolute Gasteiger partial charge is 0.278 e. The highest BCUT2D eigenvalue weighted by Crippen LogP contribution is 2.22. The molecule has 22 heavy (non-hydrogen) atoms. The van der Waals surface area contributed by atoms with E-state index in [1.54, 1.807) is 12.1 Å². The van der Waals surface area contributed by atoms with E-state index >= 15 is 0 Å². The van der Waals surface area contributed by atoms with Crippen LogP contribution in [0.2, 0.25) is 0 Å². The molecule has 1 aromatic carbocycles. The SMILES string of the molecule is O=C(c1nn(-c2ccccc2F)cc1O)N1CCCC(O)C1. The van der Waals surface area contributed by atoms with Gasteiger partial charge in [-0.3, -0.25) is 4.79 Å². The number of aromatic nitrogens is 2. The van der Waals surface area contributed by atoms with Crippen LogP contribution >= 0.6 is 0 Å². The van der Waals surface area contributed by atoms with Crippen LogP contribution < -0.4 is 0 Å². The van der Waals surface area contributed by atoms with Gasteiger partial charge in [0.25, 0.3) is 5.91 Å². The third-order valence-corrected chi connectivity index (χ3v) is 3.68. The van der Waals surface area contributed by atoms with E-state index in [4.69, 9.17) is 0 Å². The second-order valence-electron chi connectivity index (χ2n) is 5.31. The Morgan fingerprint density at radius 1 is 1.36 bits per heavy atom. The van der Waals surface area contributed by atoms with Crippen LogP contribution in [0, 0.1) is 5.82 Å². The maximum atomic E-state index is 13.8. The van der Waals surface area contributed by atoms with Crippen molar-refractivity contribution in [3.63, 3.8) is 0 Å². The van der Waals surface area contributed by atoms with Crippen LogP contribution in [0.25, 0.3) is 5.69 Å². The summed E-state index contributed by atoms with van der Waals surface area (Å²) < 4.78 is 14.9. The summed E-state index contributed by atoms with van der Waals surface area (Å²) in [4.78, 5) is 13.8. The molecule has 1 fully saturated rings. The molecular weight excluding hydrogens is 289 g/mol. The number of carbonyl (C=O) groups excluding carboxylic acids is 1. The Balaban J connectivity index is 1.89. The molecule has 3 rings (SSSR count). The summed E-state index contributed by atoms with van der Waals surface area (Å²) in [6.07, 6.45) is 1.99. The number of aliphatic hydroxyl groups is 1. The lowest BCUT2D eigenvalue weighted by atomic mass is 10.1. The van der Waals surface area contributed by atoms with Gasteiger partial charge in [-0.1, -0.05) is 12.1 Å². The Hall–Kier alpha value is -2.41. The number of rotatable bonds is 2. The van der Waals surface area contributed by atoms with Crippen LogP contribution in [0.4, 0.5) is 4.39 Å². The Morgan fingerprint density at radius 3 is 2.86 bits per heavy atom. The van der Waals surface area contributed by atoms with Crippen molar-refractivity contribution < 1.29 is 19.4 Å². The van der Waals surface area contributed by atoms with Crippen LogP contribution in [0.5, 0.6) is 5.75 Å². The molecule has 0 bridgehead atoms. The average Bonchev–Trinajstić information content (AvgIpc) is 2.88. The number of halogens is 1. The number of hydrogen-bond acceptors (Lipinski definition) is 4. The van der Waals surface area contributed by atoms with Gasteiger partial charge in [-0.05, 0) is 25.0 Å². The highest BCUT2D eigenvalue weighted by molar-refractivity contribution is 5.95. The highest BCUT2D eigenvalue weighted by Gasteiger charge is 2.27. The van der Waals surface area contributed by atoms with E-state index in [1.807, 2.05) is 0 Å². The van der Waals surface area contributed by atoms with Gasteiger partial charge in [0, 0.05) is 13.1 Å². The van der Waals surface area contributed by atoms with Crippen molar-refractivity contribution >= 4 is 5.91 Å². The minimum absolute atomic E-state index is 0.141. The first-order valence-electron chi connectivity index (χ1n) is 7.07. The first-order chi connectivity index (χ1) is 10.6. The molecule has 0 spiro atoms. The molecule has 0 aliphatic carbocycles. The van der Waals surface area contributed by atoms with Crippen molar-refractivity contribution in [1.82, 2.24) is 14.7 Å². The molecule has 0 radical (unpaired) electrons. The second-order valence-corrected chi connectivity index (χ2v) is 5.31. The van der Waals surface area contributed by atoms with Gasteiger partial charge < -0.3 is 15.1 Å². The molecule has 1 atom stereocenters. The number of benzene rings is 1. The number of piperidine rings is 1. The number of nitrogens with zero attached hydrogens (tertiary/aromatic N) is 3. The fraction of sp³-hybridized carbons (Fsp3) is 0.333. The number of carbonyl (C=O) groups is 1. The molecule has 2 aromatic rings. The summed E-state index contributed by atoms with van der Waals surface area (Å²) in [6, 6.07) is 5.96. The zero-order valence-electron chi connectivity index (χ0n) is 11.8. The van der Waals surface area contributed by atoms with Gasteiger partial charge in [-0.25, -0.2) is 9.07 Å². The van der Waals surface area contributed by atoms with Crippen molar-refractivity contribution in [2.75, 3.05) is 13.1 Å². The summed E-state index contributed by atoms with van der Waals surface area (Å²) in [5, 5.41) is 23.6. The van der Waals surface area contributed by atoms with Crippen LogP contribution in [-0.2, 0) is 0 Å². The minimum Gasteiger partial charge on any atom is -0.504 e. The number of aromatic hydroxyl groups is 1. The number of β-amino-alcohol motifs (C(OH)–C–C–N with tert-alkyl or cyclic N) is 1. The summed E-state index contributed by atoms with van der Waals surface area (Å²) >= 11 is 0. The van der Waals surface area contributed by atoms with Gasteiger partial charge in [-0.2, -0.15) is 5.10 Å².